The van der Waals surface area contributed by atoms with Gasteiger partial charge in [-0.2, -0.15) is 13.2 Å². The standard InChI is InChI=1S/C21H20BrF3N6O3/c22-14-8-27-18-16(17(14)30-6-2-5-13(10-30)31(26)20(33)34)15(9-28-18)29-19(32)11-3-1-4-12(7-11)21(23,24)25/h1,3-4,7-9,13H,2,5-6,10,26H2,(H,27,28)(H,29,32)(H,33,34)/t13-/m1/s1. The molecule has 3 heterocycles. The highest BCUT2D eigenvalue weighted by Crippen LogP contribution is 2.39. The molecule has 0 unspecified atom stereocenters. The Labute approximate surface area is 199 Å². The monoisotopic (exact) mass is 540 g/mol. The van der Waals surface area contributed by atoms with Crippen molar-refractivity contribution in [1.82, 2.24) is 15.0 Å². The molecule has 1 aliphatic heterocycles. The Morgan fingerprint density at radius 1 is 1.35 bits per heavy atom. The number of fused-ring (bicyclic) bond motifs is 1. The average Bonchev–Trinajstić information content (AvgIpc) is 3.20. The molecule has 0 bridgehead atoms. The topological polar surface area (TPSA) is 128 Å². The number of amides is 2. The number of pyridine rings is 1. The first-order chi connectivity index (χ1) is 16.1. The Bertz CT molecular complexity index is 1250. The zero-order valence-corrected chi connectivity index (χ0v) is 19.2. The van der Waals surface area contributed by atoms with Crippen LogP contribution in [0.1, 0.15) is 28.8 Å². The second kappa shape index (κ2) is 9.14. The van der Waals surface area contributed by atoms with Gasteiger partial charge in [0.2, 0.25) is 0 Å². The van der Waals surface area contributed by atoms with Crippen molar-refractivity contribution in [3.63, 3.8) is 0 Å². The summed E-state index contributed by atoms with van der Waals surface area (Å²) in [6, 6.07) is 3.71. The van der Waals surface area contributed by atoms with Crippen LogP contribution in [0.15, 0.2) is 41.1 Å². The summed E-state index contributed by atoms with van der Waals surface area (Å²) < 4.78 is 39.8. The van der Waals surface area contributed by atoms with Crippen LogP contribution in [-0.2, 0) is 6.18 Å². The van der Waals surface area contributed by atoms with Crippen LogP contribution < -0.4 is 16.1 Å². The van der Waals surface area contributed by atoms with Crippen LogP contribution >= 0.6 is 15.9 Å². The van der Waals surface area contributed by atoms with Crippen molar-refractivity contribution in [3.8, 4) is 0 Å². The molecule has 0 radical (unpaired) electrons. The molecule has 2 aromatic heterocycles. The average molecular weight is 541 g/mol. The summed E-state index contributed by atoms with van der Waals surface area (Å²) in [4.78, 5) is 33.3. The summed E-state index contributed by atoms with van der Waals surface area (Å²) in [5.41, 5.74) is 0.364. The third kappa shape index (κ3) is 4.66. The molecule has 5 N–H and O–H groups in total. The van der Waals surface area contributed by atoms with E-state index in [2.05, 4.69) is 31.2 Å². The van der Waals surface area contributed by atoms with Crippen molar-refractivity contribution < 1.29 is 27.9 Å². The Kier molecular flexibility index (Phi) is 6.41. The number of halogens is 4. The summed E-state index contributed by atoms with van der Waals surface area (Å²) in [5, 5.41) is 13.2. The van der Waals surface area contributed by atoms with Crippen LogP contribution in [0.2, 0.25) is 0 Å². The molecule has 1 aromatic carbocycles. The number of hydrogen-bond acceptors (Lipinski definition) is 5. The van der Waals surface area contributed by atoms with E-state index in [4.69, 9.17) is 5.84 Å². The van der Waals surface area contributed by atoms with Gasteiger partial charge in [-0.3, -0.25) is 4.79 Å². The molecular weight excluding hydrogens is 521 g/mol. The predicted molar refractivity (Wildman–Crippen MR) is 122 cm³/mol. The van der Waals surface area contributed by atoms with E-state index in [0.717, 1.165) is 17.1 Å². The van der Waals surface area contributed by atoms with E-state index >= 15 is 0 Å². The lowest BCUT2D eigenvalue weighted by Gasteiger charge is -2.38. The van der Waals surface area contributed by atoms with Gasteiger partial charge in [-0.15, -0.1) is 0 Å². The quantitative estimate of drug-likeness (QED) is 0.220. The van der Waals surface area contributed by atoms with E-state index in [0.29, 0.717) is 52.8 Å². The van der Waals surface area contributed by atoms with E-state index in [9.17, 15) is 27.9 Å². The van der Waals surface area contributed by atoms with Crippen LogP contribution in [0.5, 0.6) is 0 Å². The number of hydrogen-bond donors (Lipinski definition) is 4. The summed E-state index contributed by atoms with van der Waals surface area (Å²) in [7, 11) is 0. The summed E-state index contributed by atoms with van der Waals surface area (Å²) in [6.07, 6.45) is -1.45. The van der Waals surface area contributed by atoms with Gasteiger partial charge in [-0.05, 0) is 47.0 Å². The van der Waals surface area contributed by atoms with E-state index < -0.39 is 29.8 Å². The summed E-state index contributed by atoms with van der Waals surface area (Å²) in [5.74, 6) is 4.99. The van der Waals surface area contributed by atoms with Crippen molar-refractivity contribution in [2.75, 3.05) is 23.3 Å². The number of hydrazine groups is 1. The van der Waals surface area contributed by atoms with Crippen LogP contribution in [0, 0.1) is 0 Å². The van der Waals surface area contributed by atoms with Crippen molar-refractivity contribution in [1.29, 1.82) is 0 Å². The fraction of sp³-hybridized carbons (Fsp3) is 0.286. The van der Waals surface area contributed by atoms with Crippen LogP contribution in [0.4, 0.5) is 29.3 Å². The van der Waals surface area contributed by atoms with Crippen molar-refractivity contribution in [3.05, 3.63) is 52.3 Å². The van der Waals surface area contributed by atoms with E-state index in [1.807, 2.05) is 4.90 Å². The minimum Gasteiger partial charge on any atom is -0.464 e. The van der Waals surface area contributed by atoms with Crippen LogP contribution in [0.3, 0.4) is 0 Å². The number of rotatable bonds is 4. The molecule has 0 aliphatic carbocycles. The molecule has 1 atom stereocenters. The number of carboxylic acid groups (broad SMARTS) is 1. The maximum absolute atomic E-state index is 13.1. The summed E-state index contributed by atoms with van der Waals surface area (Å²) >= 11 is 3.48. The molecule has 9 nitrogen and oxygen atoms in total. The first-order valence-electron chi connectivity index (χ1n) is 10.2. The van der Waals surface area contributed by atoms with Gasteiger partial charge in [0.15, 0.2) is 0 Å². The lowest BCUT2D eigenvalue weighted by atomic mass is 10.0. The number of carbonyl (C=O) groups excluding carboxylic acids is 1. The zero-order valence-electron chi connectivity index (χ0n) is 17.6. The molecule has 3 aromatic rings. The Morgan fingerprint density at radius 3 is 2.82 bits per heavy atom. The Morgan fingerprint density at radius 2 is 2.12 bits per heavy atom. The highest BCUT2D eigenvalue weighted by atomic mass is 79.9. The number of nitrogens with zero attached hydrogens (tertiary/aromatic N) is 3. The van der Waals surface area contributed by atoms with Gasteiger partial charge < -0.3 is 20.3 Å². The van der Waals surface area contributed by atoms with Crippen molar-refractivity contribution in [2.24, 2.45) is 5.84 Å². The number of piperidine rings is 1. The number of H-pyrrole nitrogens is 1. The van der Waals surface area contributed by atoms with Gasteiger partial charge in [-0.1, -0.05) is 6.07 Å². The Hall–Kier alpha value is -3.32. The second-order valence-corrected chi connectivity index (χ2v) is 8.70. The number of alkyl halides is 3. The second-order valence-electron chi connectivity index (χ2n) is 7.85. The highest BCUT2D eigenvalue weighted by molar-refractivity contribution is 9.10. The molecule has 2 amide bonds. The molecule has 34 heavy (non-hydrogen) atoms. The van der Waals surface area contributed by atoms with Gasteiger partial charge in [-0.25, -0.2) is 20.6 Å². The molecule has 180 valence electrons. The van der Waals surface area contributed by atoms with Gasteiger partial charge >= 0.3 is 12.3 Å². The third-order valence-electron chi connectivity index (χ3n) is 5.66. The minimum absolute atomic E-state index is 0.146. The van der Waals surface area contributed by atoms with Crippen LogP contribution in [-0.4, -0.2) is 51.2 Å². The van der Waals surface area contributed by atoms with Gasteiger partial charge in [0.05, 0.1) is 32.8 Å². The number of benzene rings is 1. The number of aromatic amines is 1. The fourth-order valence-electron chi connectivity index (χ4n) is 4.04. The first kappa shape index (κ1) is 23.8. The van der Waals surface area contributed by atoms with Crippen molar-refractivity contribution >= 4 is 50.3 Å². The van der Waals surface area contributed by atoms with E-state index in [1.165, 1.54) is 18.3 Å². The normalized spacial score (nSPS) is 16.5. The highest BCUT2D eigenvalue weighted by Gasteiger charge is 2.32. The third-order valence-corrected chi connectivity index (χ3v) is 6.24. The maximum Gasteiger partial charge on any atom is 0.421 e. The SMILES string of the molecule is NN(C(=O)O)[C@@H]1CCCN(c2c(Br)cnc3[nH]cc(NC(=O)c4cccc(C(F)(F)F)c4)c23)C1. The summed E-state index contributed by atoms with van der Waals surface area (Å²) in [6.45, 7) is 0.917. The lowest BCUT2D eigenvalue weighted by Crippen LogP contribution is -2.53. The first-order valence-corrected chi connectivity index (χ1v) is 11.0. The van der Waals surface area contributed by atoms with Crippen LogP contribution in [0.25, 0.3) is 11.0 Å². The molecule has 4 rings (SSSR count). The van der Waals surface area contributed by atoms with E-state index in [-0.39, 0.29) is 5.56 Å². The van der Waals surface area contributed by atoms with Gasteiger partial charge in [0.25, 0.3) is 5.91 Å². The van der Waals surface area contributed by atoms with Crippen molar-refractivity contribution in [2.45, 2.75) is 25.1 Å². The number of nitrogens with two attached hydrogens (primary N) is 1. The van der Waals surface area contributed by atoms with Gasteiger partial charge in [0, 0.05) is 31.0 Å². The maximum atomic E-state index is 13.1. The molecule has 13 heteroatoms. The van der Waals surface area contributed by atoms with Gasteiger partial charge in [0.1, 0.15) is 5.65 Å². The number of anilines is 2. The number of carbonyl (C=O) groups is 2. The number of nitrogens with one attached hydrogen (secondary N) is 2. The number of aromatic nitrogens is 2. The molecule has 0 saturated carbocycles. The minimum atomic E-state index is -4.57. The fourth-order valence-corrected chi connectivity index (χ4v) is 4.59. The zero-order chi connectivity index (χ0) is 24.6. The predicted octanol–water partition coefficient (Wildman–Crippen LogP) is 4.42. The molecule has 1 fully saturated rings. The molecule has 1 saturated heterocycles. The Balaban J connectivity index is 1.68. The smallest absolute Gasteiger partial charge is 0.421 e. The molecule has 1 aliphatic rings. The largest absolute Gasteiger partial charge is 0.464 e. The van der Waals surface area contributed by atoms with E-state index in [1.54, 1.807) is 6.20 Å². The molecular formula is C21H20BrF3N6O3. The lowest BCUT2D eigenvalue weighted by molar-refractivity contribution is -0.137. The molecule has 0 spiro atoms.